The van der Waals surface area contributed by atoms with Crippen molar-refractivity contribution in [1.29, 1.82) is 0 Å². The summed E-state index contributed by atoms with van der Waals surface area (Å²) < 4.78 is 5.98. The molecule has 0 radical (unpaired) electrons. The highest BCUT2D eigenvalue weighted by Crippen LogP contribution is 2.26. The maximum absolute atomic E-state index is 12.9. The fraction of sp³-hybridized carbons (Fsp3) is 0.300. The van der Waals surface area contributed by atoms with Crippen LogP contribution in [-0.2, 0) is 4.79 Å². The summed E-state index contributed by atoms with van der Waals surface area (Å²) in [6.07, 6.45) is 1.62. The first-order valence-corrected chi connectivity index (χ1v) is 10.1. The van der Waals surface area contributed by atoms with E-state index in [2.05, 4.69) is 0 Å². The van der Waals surface area contributed by atoms with Crippen LogP contribution >= 0.6 is 23.4 Å². The van der Waals surface area contributed by atoms with Crippen molar-refractivity contribution >= 4 is 35.2 Å². The van der Waals surface area contributed by atoms with E-state index < -0.39 is 5.91 Å². The van der Waals surface area contributed by atoms with Crippen molar-refractivity contribution in [2.75, 3.05) is 18.8 Å². The fourth-order valence-electron chi connectivity index (χ4n) is 2.97. The average molecular weight is 405 g/mol. The second-order valence-corrected chi connectivity index (χ2v) is 7.77. The molecule has 1 aliphatic heterocycles. The Kier molecular flexibility index (Phi) is 6.63. The van der Waals surface area contributed by atoms with Gasteiger partial charge in [0, 0.05) is 35.8 Å². The van der Waals surface area contributed by atoms with E-state index in [4.69, 9.17) is 22.1 Å². The number of primary amides is 1. The molecule has 1 saturated heterocycles. The number of carbonyl (C=O) groups is 2. The summed E-state index contributed by atoms with van der Waals surface area (Å²) in [5.41, 5.74) is 5.83. The molecule has 0 atom stereocenters. The zero-order valence-electron chi connectivity index (χ0n) is 14.8. The zero-order valence-corrected chi connectivity index (χ0v) is 16.3. The van der Waals surface area contributed by atoms with Gasteiger partial charge in [0.05, 0.1) is 11.3 Å². The quantitative estimate of drug-likeness (QED) is 0.746. The molecule has 2 aromatic rings. The minimum absolute atomic E-state index is 0.0208. The number of nitrogens with zero attached hydrogens (tertiary/aromatic N) is 1. The van der Waals surface area contributed by atoms with E-state index in [0.29, 0.717) is 23.7 Å². The van der Waals surface area contributed by atoms with Crippen LogP contribution in [0.2, 0.25) is 5.02 Å². The predicted octanol–water partition coefficient (Wildman–Crippen LogP) is 3.60. The minimum Gasteiger partial charge on any atom is -0.490 e. The molecule has 7 heteroatoms. The Balaban J connectivity index is 1.58. The number of hydrogen-bond acceptors (Lipinski definition) is 4. The largest absolute Gasteiger partial charge is 0.490 e. The molecular formula is C20H21ClN2O3S. The number of nitrogens with two attached hydrogens (primary N) is 1. The number of amides is 2. The molecule has 0 saturated carbocycles. The van der Waals surface area contributed by atoms with Crippen LogP contribution in [0, 0.1) is 0 Å². The van der Waals surface area contributed by atoms with Gasteiger partial charge in [0.25, 0.3) is 5.91 Å². The van der Waals surface area contributed by atoms with Crippen molar-refractivity contribution < 1.29 is 14.3 Å². The number of halogens is 1. The van der Waals surface area contributed by atoms with Crippen molar-refractivity contribution in [3.05, 3.63) is 59.1 Å². The summed E-state index contributed by atoms with van der Waals surface area (Å²) in [4.78, 5) is 26.6. The van der Waals surface area contributed by atoms with E-state index >= 15 is 0 Å². The maximum Gasteiger partial charge on any atom is 0.254 e. The molecule has 0 aromatic heterocycles. The molecule has 0 aliphatic carbocycles. The first-order valence-electron chi connectivity index (χ1n) is 8.74. The minimum atomic E-state index is -0.401. The average Bonchev–Trinajstić information content (AvgIpc) is 2.68. The van der Waals surface area contributed by atoms with Crippen LogP contribution in [0.4, 0.5) is 0 Å². The highest BCUT2D eigenvalue weighted by Gasteiger charge is 2.26. The van der Waals surface area contributed by atoms with Crippen LogP contribution in [-0.4, -0.2) is 41.7 Å². The van der Waals surface area contributed by atoms with Gasteiger partial charge in [0.15, 0.2) is 0 Å². The molecule has 27 heavy (non-hydrogen) atoms. The van der Waals surface area contributed by atoms with Crippen molar-refractivity contribution in [2.24, 2.45) is 5.73 Å². The molecule has 0 spiro atoms. The van der Waals surface area contributed by atoms with Gasteiger partial charge in [-0.25, -0.2) is 0 Å². The molecule has 1 fully saturated rings. The van der Waals surface area contributed by atoms with E-state index in [1.165, 1.54) is 11.8 Å². The lowest BCUT2D eigenvalue weighted by Crippen LogP contribution is -2.42. The summed E-state index contributed by atoms with van der Waals surface area (Å²) in [6.45, 7) is 1.26. The molecule has 2 aromatic carbocycles. The third-order valence-electron chi connectivity index (χ3n) is 4.33. The third-order valence-corrected chi connectivity index (χ3v) is 5.68. The molecule has 1 heterocycles. The second kappa shape index (κ2) is 9.15. The smallest absolute Gasteiger partial charge is 0.254 e. The van der Waals surface area contributed by atoms with E-state index in [-0.39, 0.29) is 17.8 Å². The van der Waals surface area contributed by atoms with Gasteiger partial charge in [0.1, 0.15) is 11.9 Å². The van der Waals surface area contributed by atoms with Crippen LogP contribution in [0.3, 0.4) is 0 Å². The van der Waals surface area contributed by atoms with Gasteiger partial charge in [-0.1, -0.05) is 23.7 Å². The molecule has 2 N–H and O–H groups in total. The van der Waals surface area contributed by atoms with E-state index in [9.17, 15) is 9.59 Å². The Morgan fingerprint density at radius 3 is 2.44 bits per heavy atom. The third kappa shape index (κ3) is 5.40. The number of hydrogen-bond donors (Lipinski definition) is 1. The normalized spacial score (nSPS) is 14.8. The Bertz CT molecular complexity index is 805. The molecule has 1 aliphatic rings. The van der Waals surface area contributed by atoms with Gasteiger partial charge in [-0.2, -0.15) is 0 Å². The summed E-state index contributed by atoms with van der Waals surface area (Å²) in [5, 5.41) is 0.677. The zero-order chi connectivity index (χ0) is 19.2. The van der Waals surface area contributed by atoms with Crippen LogP contribution in [0.25, 0.3) is 0 Å². The first kappa shape index (κ1) is 19.6. The van der Waals surface area contributed by atoms with Gasteiger partial charge in [0.2, 0.25) is 5.91 Å². The van der Waals surface area contributed by atoms with Crippen molar-refractivity contribution in [2.45, 2.75) is 23.8 Å². The summed E-state index contributed by atoms with van der Waals surface area (Å²) in [7, 11) is 0. The molecule has 0 bridgehead atoms. The van der Waals surface area contributed by atoms with Crippen molar-refractivity contribution in [1.82, 2.24) is 4.90 Å². The maximum atomic E-state index is 12.9. The van der Waals surface area contributed by atoms with Crippen molar-refractivity contribution in [3.63, 3.8) is 0 Å². The van der Waals surface area contributed by atoms with E-state index in [1.807, 2.05) is 35.2 Å². The monoisotopic (exact) mass is 404 g/mol. The molecular weight excluding hydrogens is 384 g/mol. The van der Waals surface area contributed by atoms with Gasteiger partial charge < -0.3 is 15.4 Å². The lowest BCUT2D eigenvalue weighted by Gasteiger charge is -2.32. The Morgan fingerprint density at radius 1 is 1.11 bits per heavy atom. The number of rotatable bonds is 6. The first-order chi connectivity index (χ1) is 13.0. The number of benzene rings is 2. The standard InChI is InChI=1S/C20H21ClN2O3S/c21-14-5-7-15(8-6-14)26-16-9-11-23(12-10-16)20(25)17-3-1-2-4-18(17)27-13-19(22)24/h1-8,16H,9-13H2,(H2,22,24). The molecule has 0 unspecified atom stereocenters. The topological polar surface area (TPSA) is 72.6 Å². The number of thioether (sulfide) groups is 1. The number of ether oxygens (including phenoxy) is 1. The molecule has 2 amide bonds. The lowest BCUT2D eigenvalue weighted by atomic mass is 10.1. The van der Waals surface area contributed by atoms with Crippen molar-refractivity contribution in [3.8, 4) is 5.75 Å². The summed E-state index contributed by atoms with van der Waals surface area (Å²) in [6, 6.07) is 14.6. The second-order valence-electron chi connectivity index (χ2n) is 6.31. The summed E-state index contributed by atoms with van der Waals surface area (Å²) in [5.74, 6) is 0.522. The Labute approximate surface area is 167 Å². The SMILES string of the molecule is NC(=O)CSc1ccccc1C(=O)N1CCC(Oc2ccc(Cl)cc2)CC1. The lowest BCUT2D eigenvalue weighted by molar-refractivity contribution is -0.115. The molecule has 5 nitrogen and oxygen atoms in total. The van der Waals surface area contributed by atoms with E-state index in [0.717, 1.165) is 23.5 Å². The predicted molar refractivity (Wildman–Crippen MR) is 107 cm³/mol. The van der Waals surface area contributed by atoms with Gasteiger partial charge >= 0.3 is 0 Å². The van der Waals surface area contributed by atoms with Crippen LogP contribution in [0.5, 0.6) is 5.75 Å². The molecule has 3 rings (SSSR count). The van der Waals surface area contributed by atoms with Gasteiger partial charge in [-0.15, -0.1) is 11.8 Å². The van der Waals surface area contributed by atoms with Gasteiger partial charge in [-0.05, 0) is 36.4 Å². The fourth-order valence-corrected chi connectivity index (χ4v) is 3.88. The van der Waals surface area contributed by atoms with Crippen LogP contribution in [0.1, 0.15) is 23.2 Å². The summed E-state index contributed by atoms with van der Waals surface area (Å²) >= 11 is 7.19. The highest BCUT2D eigenvalue weighted by atomic mass is 35.5. The molecule has 142 valence electrons. The van der Waals surface area contributed by atoms with E-state index in [1.54, 1.807) is 18.2 Å². The van der Waals surface area contributed by atoms with Crippen LogP contribution < -0.4 is 10.5 Å². The Morgan fingerprint density at radius 2 is 1.78 bits per heavy atom. The number of likely N-dealkylation sites (tertiary alicyclic amines) is 1. The number of piperidine rings is 1. The van der Waals surface area contributed by atoms with Gasteiger partial charge in [-0.3, -0.25) is 9.59 Å². The number of carbonyl (C=O) groups excluding carboxylic acids is 2. The van der Waals surface area contributed by atoms with Crippen LogP contribution in [0.15, 0.2) is 53.4 Å². The Hall–Kier alpha value is -2.18. The highest BCUT2D eigenvalue weighted by molar-refractivity contribution is 8.00.